The van der Waals surface area contributed by atoms with Gasteiger partial charge in [-0.05, 0) is 36.4 Å². The fraction of sp³-hybridized carbons (Fsp3) is 0.458. The molecule has 1 aromatic carbocycles. The van der Waals surface area contributed by atoms with E-state index in [1.165, 1.54) is 16.2 Å². The molecule has 2 heterocycles. The van der Waals surface area contributed by atoms with Crippen molar-refractivity contribution in [3.05, 3.63) is 52.7 Å². The van der Waals surface area contributed by atoms with E-state index >= 15 is 0 Å². The normalized spacial score (nSPS) is 15.5. The maximum atomic E-state index is 12.6. The van der Waals surface area contributed by atoms with Gasteiger partial charge in [0.2, 0.25) is 5.91 Å². The number of benzene rings is 1. The SMILES string of the molecule is O=C(Cc1cccs1)NCCCCNC(=O)[C@H](O)[C@@H](O)C(=O)N1CCN(c2ccccc2)CC1. The van der Waals surface area contributed by atoms with E-state index in [0.29, 0.717) is 52.0 Å². The summed E-state index contributed by atoms with van der Waals surface area (Å²) in [6.45, 7) is 2.77. The van der Waals surface area contributed by atoms with E-state index in [0.717, 1.165) is 10.6 Å². The topological polar surface area (TPSA) is 122 Å². The third kappa shape index (κ3) is 7.54. The molecule has 1 aliphatic rings. The van der Waals surface area contributed by atoms with E-state index in [4.69, 9.17) is 0 Å². The van der Waals surface area contributed by atoms with Crippen LogP contribution < -0.4 is 15.5 Å². The second-order valence-electron chi connectivity index (χ2n) is 8.14. The first-order valence-corrected chi connectivity index (χ1v) is 12.4. The van der Waals surface area contributed by atoms with Gasteiger partial charge in [-0.1, -0.05) is 24.3 Å². The summed E-state index contributed by atoms with van der Waals surface area (Å²) in [5.74, 6) is -1.48. The second-order valence-corrected chi connectivity index (χ2v) is 9.17. The van der Waals surface area contributed by atoms with E-state index in [2.05, 4.69) is 15.5 Å². The van der Waals surface area contributed by atoms with Crippen LogP contribution in [0, 0.1) is 0 Å². The zero-order chi connectivity index (χ0) is 24.3. The molecule has 1 aromatic heterocycles. The number of carbonyl (C=O) groups excluding carboxylic acids is 3. The number of carbonyl (C=O) groups is 3. The highest BCUT2D eigenvalue weighted by Gasteiger charge is 2.34. The van der Waals surface area contributed by atoms with Gasteiger partial charge in [0, 0.05) is 49.8 Å². The molecule has 34 heavy (non-hydrogen) atoms. The van der Waals surface area contributed by atoms with E-state index in [1.54, 1.807) is 0 Å². The third-order valence-corrected chi connectivity index (χ3v) is 6.55. The van der Waals surface area contributed by atoms with Gasteiger partial charge in [0.15, 0.2) is 12.2 Å². The average molecular weight is 489 g/mol. The molecule has 4 N–H and O–H groups in total. The predicted molar refractivity (Wildman–Crippen MR) is 131 cm³/mol. The Morgan fingerprint density at radius 3 is 2.21 bits per heavy atom. The van der Waals surface area contributed by atoms with Crippen molar-refractivity contribution in [3.63, 3.8) is 0 Å². The molecule has 0 saturated carbocycles. The Morgan fingerprint density at radius 1 is 0.882 bits per heavy atom. The van der Waals surface area contributed by atoms with Gasteiger partial charge in [0.25, 0.3) is 11.8 Å². The van der Waals surface area contributed by atoms with Crippen molar-refractivity contribution in [1.82, 2.24) is 15.5 Å². The fourth-order valence-electron chi connectivity index (χ4n) is 3.72. The first-order chi connectivity index (χ1) is 16.5. The standard InChI is InChI=1S/C24H32N4O5S/c29-20(17-19-9-6-16-34-19)25-10-4-5-11-26-23(32)21(30)22(31)24(33)28-14-12-27(13-15-28)18-7-2-1-3-8-18/h1-3,6-9,16,21-22,30-31H,4-5,10-15,17H2,(H,25,29)(H,26,32)/t21-,22-/m1/s1. The molecule has 0 unspecified atom stereocenters. The summed E-state index contributed by atoms with van der Waals surface area (Å²) >= 11 is 1.54. The third-order valence-electron chi connectivity index (χ3n) is 5.67. The molecule has 1 fully saturated rings. The highest BCUT2D eigenvalue weighted by Crippen LogP contribution is 2.16. The molecule has 10 heteroatoms. The Balaban J connectivity index is 1.30. The number of thiophene rings is 1. The minimum absolute atomic E-state index is 0.0480. The Morgan fingerprint density at radius 2 is 1.56 bits per heavy atom. The van der Waals surface area contributed by atoms with E-state index in [-0.39, 0.29) is 12.5 Å². The zero-order valence-electron chi connectivity index (χ0n) is 19.1. The average Bonchev–Trinajstić information content (AvgIpc) is 3.38. The number of piperazine rings is 1. The van der Waals surface area contributed by atoms with Crippen LogP contribution in [0.2, 0.25) is 0 Å². The lowest BCUT2D eigenvalue weighted by molar-refractivity contribution is -0.153. The smallest absolute Gasteiger partial charge is 0.254 e. The Bertz CT molecular complexity index is 917. The summed E-state index contributed by atoms with van der Waals surface area (Å²) in [4.78, 5) is 41.2. The number of hydrogen-bond acceptors (Lipinski definition) is 7. The molecule has 0 bridgehead atoms. The lowest BCUT2D eigenvalue weighted by atomic mass is 10.1. The van der Waals surface area contributed by atoms with Crippen molar-refractivity contribution < 1.29 is 24.6 Å². The van der Waals surface area contributed by atoms with Gasteiger partial charge in [0.1, 0.15) is 0 Å². The Labute approximate surface area is 203 Å². The number of nitrogens with zero attached hydrogens (tertiary/aromatic N) is 2. The summed E-state index contributed by atoms with van der Waals surface area (Å²) in [6, 6.07) is 13.7. The number of rotatable bonds is 11. The minimum Gasteiger partial charge on any atom is -0.380 e. The molecular formula is C24H32N4O5S. The number of hydrogen-bond donors (Lipinski definition) is 4. The molecule has 1 aliphatic heterocycles. The Kier molecular flexibility index (Phi) is 9.87. The van der Waals surface area contributed by atoms with E-state index in [9.17, 15) is 24.6 Å². The van der Waals surface area contributed by atoms with Gasteiger partial charge < -0.3 is 30.6 Å². The van der Waals surface area contributed by atoms with Crippen LogP contribution in [0.3, 0.4) is 0 Å². The van der Waals surface area contributed by atoms with Gasteiger partial charge in [-0.25, -0.2) is 0 Å². The van der Waals surface area contributed by atoms with Crippen LogP contribution in [-0.2, 0) is 20.8 Å². The van der Waals surface area contributed by atoms with Crippen LogP contribution in [0.25, 0.3) is 0 Å². The first kappa shape index (κ1) is 25.7. The van der Waals surface area contributed by atoms with Gasteiger partial charge in [0.05, 0.1) is 6.42 Å². The highest BCUT2D eigenvalue weighted by atomic mass is 32.1. The monoisotopic (exact) mass is 488 g/mol. The van der Waals surface area contributed by atoms with Crippen molar-refractivity contribution in [1.29, 1.82) is 0 Å². The molecular weight excluding hydrogens is 456 g/mol. The van der Waals surface area contributed by atoms with Crippen LogP contribution in [0.4, 0.5) is 5.69 Å². The van der Waals surface area contributed by atoms with Gasteiger partial charge in [-0.3, -0.25) is 14.4 Å². The van der Waals surface area contributed by atoms with Crippen molar-refractivity contribution in [2.45, 2.75) is 31.5 Å². The highest BCUT2D eigenvalue weighted by molar-refractivity contribution is 7.10. The van der Waals surface area contributed by atoms with Gasteiger partial charge in [-0.15, -0.1) is 11.3 Å². The maximum Gasteiger partial charge on any atom is 0.254 e. The first-order valence-electron chi connectivity index (χ1n) is 11.5. The molecule has 0 radical (unpaired) electrons. The molecule has 2 atom stereocenters. The van der Waals surface area contributed by atoms with Crippen LogP contribution in [-0.4, -0.2) is 84.3 Å². The quantitative estimate of drug-likeness (QED) is 0.339. The lowest BCUT2D eigenvalue weighted by Gasteiger charge is -2.37. The Hall–Kier alpha value is -2.95. The van der Waals surface area contributed by atoms with Crippen molar-refractivity contribution >= 4 is 34.7 Å². The van der Waals surface area contributed by atoms with Crippen LogP contribution in [0.15, 0.2) is 47.8 Å². The summed E-state index contributed by atoms with van der Waals surface area (Å²) in [7, 11) is 0. The molecule has 184 valence electrons. The minimum atomic E-state index is -1.83. The number of aliphatic hydroxyl groups excluding tert-OH is 2. The summed E-state index contributed by atoms with van der Waals surface area (Å²) < 4.78 is 0. The number of para-hydroxylation sites is 1. The van der Waals surface area contributed by atoms with Crippen molar-refractivity contribution in [2.24, 2.45) is 0 Å². The van der Waals surface area contributed by atoms with Crippen molar-refractivity contribution in [2.75, 3.05) is 44.2 Å². The molecule has 3 amide bonds. The summed E-state index contributed by atoms with van der Waals surface area (Å²) in [5, 5.41) is 27.7. The number of nitrogens with one attached hydrogen (secondary N) is 2. The van der Waals surface area contributed by atoms with Gasteiger partial charge >= 0.3 is 0 Å². The molecule has 0 aliphatic carbocycles. The largest absolute Gasteiger partial charge is 0.380 e. The zero-order valence-corrected chi connectivity index (χ0v) is 19.9. The number of aliphatic hydroxyl groups is 2. The summed E-state index contributed by atoms with van der Waals surface area (Å²) in [5.41, 5.74) is 1.07. The molecule has 2 aromatic rings. The molecule has 3 rings (SSSR count). The molecule has 0 spiro atoms. The van der Waals surface area contributed by atoms with E-state index in [1.807, 2.05) is 47.8 Å². The number of unbranched alkanes of at least 4 members (excludes halogenated alkanes) is 1. The van der Waals surface area contributed by atoms with Crippen LogP contribution >= 0.6 is 11.3 Å². The lowest BCUT2D eigenvalue weighted by Crippen LogP contribution is -2.55. The second kappa shape index (κ2) is 13.1. The fourth-order valence-corrected chi connectivity index (χ4v) is 4.42. The summed E-state index contributed by atoms with van der Waals surface area (Å²) in [6.07, 6.45) is -2.04. The van der Waals surface area contributed by atoms with Crippen LogP contribution in [0.5, 0.6) is 0 Å². The van der Waals surface area contributed by atoms with E-state index < -0.39 is 24.0 Å². The van der Waals surface area contributed by atoms with Gasteiger partial charge in [-0.2, -0.15) is 0 Å². The maximum absolute atomic E-state index is 12.6. The molecule has 1 saturated heterocycles. The van der Waals surface area contributed by atoms with Crippen molar-refractivity contribution in [3.8, 4) is 0 Å². The molecule has 9 nitrogen and oxygen atoms in total. The number of anilines is 1. The predicted octanol–water partition coefficient (Wildman–Crippen LogP) is 0.374. The number of amides is 3. The van der Waals surface area contributed by atoms with Crippen LogP contribution in [0.1, 0.15) is 17.7 Å².